The van der Waals surface area contributed by atoms with E-state index in [9.17, 15) is 0 Å². The van der Waals surface area contributed by atoms with Crippen LogP contribution in [-0.4, -0.2) is 4.98 Å². The Kier molecular flexibility index (Phi) is 3.98. The van der Waals surface area contributed by atoms with Crippen molar-refractivity contribution in [3.63, 3.8) is 0 Å². The first-order chi connectivity index (χ1) is 10.3. The molecule has 0 spiro atoms. The molecular formula is C19H20N2. The second kappa shape index (κ2) is 6.06. The molecule has 1 N–H and O–H groups in total. The lowest BCUT2D eigenvalue weighted by Crippen LogP contribution is -2.19. The Morgan fingerprint density at radius 3 is 2.62 bits per heavy atom. The van der Waals surface area contributed by atoms with Gasteiger partial charge in [-0.25, -0.2) is 0 Å². The Morgan fingerprint density at radius 2 is 1.76 bits per heavy atom. The molecule has 0 radical (unpaired) electrons. The Morgan fingerprint density at radius 1 is 1.00 bits per heavy atom. The third kappa shape index (κ3) is 2.96. The van der Waals surface area contributed by atoms with Crippen LogP contribution in [-0.2, 0) is 6.54 Å². The highest BCUT2D eigenvalue weighted by molar-refractivity contribution is 5.84. The fourth-order valence-electron chi connectivity index (χ4n) is 2.77. The van der Waals surface area contributed by atoms with Gasteiger partial charge in [-0.3, -0.25) is 4.98 Å². The normalized spacial score (nSPS) is 12.5. The molecule has 3 rings (SSSR count). The van der Waals surface area contributed by atoms with E-state index < -0.39 is 0 Å². The number of benzene rings is 2. The van der Waals surface area contributed by atoms with Crippen LogP contribution in [0.3, 0.4) is 0 Å². The summed E-state index contributed by atoms with van der Waals surface area (Å²) in [4.78, 5) is 4.34. The van der Waals surface area contributed by atoms with Crippen LogP contribution in [0.4, 0.5) is 0 Å². The zero-order chi connectivity index (χ0) is 14.7. The fourth-order valence-corrected chi connectivity index (χ4v) is 2.77. The van der Waals surface area contributed by atoms with Crippen LogP contribution in [0.5, 0.6) is 0 Å². The molecule has 0 amide bonds. The second-order valence-electron chi connectivity index (χ2n) is 5.48. The largest absolute Gasteiger partial charge is 0.306 e. The molecule has 0 saturated carbocycles. The van der Waals surface area contributed by atoms with Gasteiger partial charge in [-0.1, -0.05) is 48.5 Å². The van der Waals surface area contributed by atoms with Crippen molar-refractivity contribution in [2.45, 2.75) is 26.4 Å². The van der Waals surface area contributed by atoms with E-state index in [1.807, 2.05) is 12.4 Å². The Labute approximate surface area is 125 Å². The molecule has 0 fully saturated rings. The Hall–Kier alpha value is -2.19. The number of pyridine rings is 1. The molecule has 0 aliphatic rings. The molecule has 1 heterocycles. The van der Waals surface area contributed by atoms with E-state index in [-0.39, 0.29) is 0 Å². The highest BCUT2D eigenvalue weighted by atomic mass is 14.9. The first kappa shape index (κ1) is 13.8. The monoisotopic (exact) mass is 276 g/mol. The number of aromatic nitrogens is 1. The minimum Gasteiger partial charge on any atom is -0.306 e. The number of fused-ring (bicyclic) bond motifs is 1. The molecule has 1 unspecified atom stereocenters. The average molecular weight is 276 g/mol. The van der Waals surface area contributed by atoms with Crippen LogP contribution >= 0.6 is 0 Å². The van der Waals surface area contributed by atoms with Crippen LogP contribution in [0.25, 0.3) is 10.8 Å². The van der Waals surface area contributed by atoms with Crippen molar-refractivity contribution in [2.24, 2.45) is 0 Å². The van der Waals surface area contributed by atoms with Crippen molar-refractivity contribution in [3.05, 3.63) is 77.6 Å². The minimum absolute atomic E-state index is 0.324. The minimum atomic E-state index is 0.324. The molecule has 0 aliphatic heterocycles. The molecule has 106 valence electrons. The highest BCUT2D eigenvalue weighted by Gasteiger charge is 2.08. The zero-order valence-electron chi connectivity index (χ0n) is 12.5. The predicted octanol–water partition coefficient (Wildman–Crippen LogP) is 4.39. The van der Waals surface area contributed by atoms with Gasteiger partial charge in [0.25, 0.3) is 0 Å². The van der Waals surface area contributed by atoms with E-state index in [0.717, 1.165) is 6.54 Å². The highest BCUT2D eigenvalue weighted by Crippen LogP contribution is 2.20. The maximum atomic E-state index is 4.34. The number of nitrogens with one attached hydrogen (secondary N) is 1. The average Bonchev–Trinajstić information content (AvgIpc) is 2.53. The molecule has 0 aliphatic carbocycles. The molecule has 1 aromatic heterocycles. The summed E-state index contributed by atoms with van der Waals surface area (Å²) in [6.07, 6.45) is 3.88. The topological polar surface area (TPSA) is 24.9 Å². The summed E-state index contributed by atoms with van der Waals surface area (Å²) >= 11 is 0. The van der Waals surface area contributed by atoms with E-state index in [0.29, 0.717) is 6.04 Å². The molecule has 0 saturated heterocycles. The van der Waals surface area contributed by atoms with Crippen LogP contribution in [0, 0.1) is 6.92 Å². The van der Waals surface area contributed by atoms with Crippen molar-refractivity contribution < 1.29 is 0 Å². The van der Waals surface area contributed by atoms with E-state index in [4.69, 9.17) is 0 Å². The molecule has 21 heavy (non-hydrogen) atoms. The quantitative estimate of drug-likeness (QED) is 0.764. The Bertz CT molecular complexity index is 744. The summed E-state index contributed by atoms with van der Waals surface area (Å²) in [5, 5.41) is 6.08. The van der Waals surface area contributed by atoms with Crippen molar-refractivity contribution >= 4 is 10.8 Å². The van der Waals surface area contributed by atoms with Crippen LogP contribution < -0.4 is 5.32 Å². The molecular weight excluding hydrogens is 256 g/mol. The van der Waals surface area contributed by atoms with Gasteiger partial charge >= 0.3 is 0 Å². The zero-order valence-corrected chi connectivity index (χ0v) is 12.5. The number of hydrogen-bond donors (Lipinski definition) is 1. The number of rotatable bonds is 4. The summed E-state index contributed by atoms with van der Waals surface area (Å²) in [5.41, 5.74) is 3.92. The molecule has 2 nitrogen and oxygen atoms in total. The van der Waals surface area contributed by atoms with Gasteiger partial charge in [-0.2, -0.15) is 0 Å². The number of hydrogen-bond acceptors (Lipinski definition) is 2. The lowest BCUT2D eigenvalue weighted by Gasteiger charge is -2.17. The third-order valence-electron chi connectivity index (χ3n) is 4.00. The smallest absolute Gasteiger partial charge is 0.0346 e. The Balaban J connectivity index is 1.79. The van der Waals surface area contributed by atoms with Gasteiger partial charge in [0, 0.05) is 30.4 Å². The number of nitrogens with zero attached hydrogens (tertiary/aromatic N) is 1. The standard InChI is InChI=1S/C19H20N2/c1-14-7-3-5-9-18(14)15(2)21-13-17-12-20-11-16-8-4-6-10-19(16)17/h3-12,15,21H,13H2,1-2H3. The van der Waals surface area contributed by atoms with Crippen molar-refractivity contribution in [2.75, 3.05) is 0 Å². The van der Waals surface area contributed by atoms with Crippen molar-refractivity contribution in [3.8, 4) is 0 Å². The summed E-state index contributed by atoms with van der Waals surface area (Å²) < 4.78 is 0. The van der Waals surface area contributed by atoms with Gasteiger partial charge in [0.1, 0.15) is 0 Å². The van der Waals surface area contributed by atoms with E-state index in [1.165, 1.54) is 27.5 Å². The van der Waals surface area contributed by atoms with Crippen LogP contribution in [0.15, 0.2) is 60.9 Å². The summed E-state index contributed by atoms with van der Waals surface area (Å²) in [6.45, 7) is 5.19. The lowest BCUT2D eigenvalue weighted by molar-refractivity contribution is 0.573. The maximum Gasteiger partial charge on any atom is 0.0346 e. The molecule has 2 heteroatoms. The van der Waals surface area contributed by atoms with Gasteiger partial charge in [-0.05, 0) is 35.9 Å². The van der Waals surface area contributed by atoms with Gasteiger partial charge < -0.3 is 5.32 Å². The molecule has 1 atom stereocenters. The first-order valence-electron chi connectivity index (χ1n) is 7.36. The second-order valence-corrected chi connectivity index (χ2v) is 5.48. The molecule has 3 aromatic rings. The fraction of sp³-hybridized carbons (Fsp3) is 0.211. The predicted molar refractivity (Wildman–Crippen MR) is 88.2 cm³/mol. The van der Waals surface area contributed by atoms with Crippen molar-refractivity contribution in [1.29, 1.82) is 0 Å². The van der Waals surface area contributed by atoms with Crippen LogP contribution in [0.1, 0.15) is 29.7 Å². The summed E-state index contributed by atoms with van der Waals surface area (Å²) in [7, 11) is 0. The van der Waals surface area contributed by atoms with Gasteiger partial charge in [0.2, 0.25) is 0 Å². The SMILES string of the molecule is Cc1ccccc1C(C)NCc1cncc2ccccc12. The van der Waals surface area contributed by atoms with Crippen LogP contribution in [0.2, 0.25) is 0 Å². The molecule has 2 aromatic carbocycles. The first-order valence-corrected chi connectivity index (χ1v) is 7.36. The van der Waals surface area contributed by atoms with Gasteiger partial charge in [-0.15, -0.1) is 0 Å². The summed E-state index contributed by atoms with van der Waals surface area (Å²) in [5.74, 6) is 0. The summed E-state index contributed by atoms with van der Waals surface area (Å²) in [6, 6.07) is 17.3. The number of aryl methyl sites for hydroxylation is 1. The maximum absolute atomic E-state index is 4.34. The lowest BCUT2D eigenvalue weighted by atomic mass is 10.0. The van der Waals surface area contributed by atoms with E-state index in [1.54, 1.807) is 0 Å². The van der Waals surface area contributed by atoms with E-state index in [2.05, 4.69) is 72.7 Å². The third-order valence-corrected chi connectivity index (χ3v) is 4.00. The van der Waals surface area contributed by atoms with Gasteiger partial charge in [0.05, 0.1) is 0 Å². The van der Waals surface area contributed by atoms with Crippen molar-refractivity contribution in [1.82, 2.24) is 10.3 Å². The molecule has 0 bridgehead atoms. The van der Waals surface area contributed by atoms with Gasteiger partial charge in [0.15, 0.2) is 0 Å². The van der Waals surface area contributed by atoms with E-state index >= 15 is 0 Å².